The number of benzene rings is 3. The van der Waals surface area contributed by atoms with Gasteiger partial charge in [-0.25, -0.2) is 4.98 Å². The molecule has 2 heterocycles. The van der Waals surface area contributed by atoms with Gasteiger partial charge >= 0.3 is 0 Å². The quantitative estimate of drug-likeness (QED) is 0.336. The molecule has 200 valence electrons. The van der Waals surface area contributed by atoms with E-state index in [0.717, 1.165) is 23.1 Å². The zero-order valence-corrected chi connectivity index (χ0v) is 22.5. The van der Waals surface area contributed by atoms with Crippen LogP contribution in [0, 0.1) is 5.41 Å². The van der Waals surface area contributed by atoms with E-state index in [4.69, 9.17) is 9.15 Å². The average Bonchev–Trinajstić information content (AvgIpc) is 3.43. The SMILES string of the molecule is CC(C)(C)C(=O)N1CCc2ccc(OCc3nc(C(=O)NCc4ccccc4)co3)cc2C1c1ccccc1. The summed E-state index contributed by atoms with van der Waals surface area (Å²) in [5.74, 6) is 0.762. The second-order valence-corrected chi connectivity index (χ2v) is 10.8. The normalized spacial score (nSPS) is 14.9. The van der Waals surface area contributed by atoms with Gasteiger partial charge in [-0.05, 0) is 40.8 Å². The molecular formula is C32H33N3O4. The summed E-state index contributed by atoms with van der Waals surface area (Å²) in [6, 6.07) is 25.6. The predicted octanol–water partition coefficient (Wildman–Crippen LogP) is 5.70. The van der Waals surface area contributed by atoms with Crippen molar-refractivity contribution in [3.8, 4) is 5.75 Å². The number of hydrogen-bond acceptors (Lipinski definition) is 5. The average molecular weight is 524 g/mol. The van der Waals surface area contributed by atoms with Gasteiger partial charge in [-0.3, -0.25) is 9.59 Å². The highest BCUT2D eigenvalue weighted by Gasteiger charge is 2.37. The van der Waals surface area contributed by atoms with Crippen LogP contribution in [0.2, 0.25) is 0 Å². The summed E-state index contributed by atoms with van der Waals surface area (Å²) in [4.78, 5) is 32.2. The number of fused-ring (bicyclic) bond motifs is 1. The molecule has 4 aromatic rings. The van der Waals surface area contributed by atoms with Gasteiger partial charge in [0.1, 0.15) is 12.0 Å². The summed E-state index contributed by atoms with van der Waals surface area (Å²) in [5.41, 5.74) is 4.03. The van der Waals surface area contributed by atoms with Gasteiger partial charge in [-0.15, -0.1) is 0 Å². The van der Waals surface area contributed by atoms with E-state index < -0.39 is 5.41 Å². The molecule has 5 rings (SSSR count). The van der Waals surface area contributed by atoms with Crippen LogP contribution < -0.4 is 10.1 Å². The lowest BCUT2D eigenvalue weighted by Gasteiger charge is -2.41. The minimum absolute atomic E-state index is 0.0748. The Hall–Kier alpha value is -4.39. The number of carbonyl (C=O) groups excluding carboxylic acids is 2. The monoisotopic (exact) mass is 523 g/mol. The number of nitrogens with one attached hydrogen (secondary N) is 1. The molecule has 7 nitrogen and oxygen atoms in total. The maximum absolute atomic E-state index is 13.4. The smallest absolute Gasteiger partial charge is 0.273 e. The zero-order valence-electron chi connectivity index (χ0n) is 22.5. The van der Waals surface area contributed by atoms with Crippen molar-refractivity contribution in [1.82, 2.24) is 15.2 Å². The second-order valence-electron chi connectivity index (χ2n) is 10.8. The fourth-order valence-electron chi connectivity index (χ4n) is 4.82. The maximum atomic E-state index is 13.4. The molecule has 1 N–H and O–H groups in total. The minimum Gasteiger partial charge on any atom is -0.484 e. The molecular weight excluding hydrogens is 490 g/mol. The molecule has 1 aliphatic rings. The van der Waals surface area contributed by atoms with E-state index in [2.05, 4.69) is 28.5 Å². The van der Waals surface area contributed by atoms with E-state index in [-0.39, 0.29) is 30.2 Å². The maximum Gasteiger partial charge on any atom is 0.273 e. The van der Waals surface area contributed by atoms with Gasteiger partial charge < -0.3 is 19.4 Å². The fourth-order valence-corrected chi connectivity index (χ4v) is 4.82. The number of amides is 2. The summed E-state index contributed by atoms with van der Waals surface area (Å²) < 4.78 is 11.5. The first-order valence-electron chi connectivity index (χ1n) is 13.2. The van der Waals surface area contributed by atoms with Crippen molar-refractivity contribution in [2.75, 3.05) is 6.54 Å². The highest BCUT2D eigenvalue weighted by molar-refractivity contribution is 5.91. The second kappa shape index (κ2) is 11.2. The van der Waals surface area contributed by atoms with E-state index >= 15 is 0 Å². The Balaban J connectivity index is 1.31. The van der Waals surface area contributed by atoms with Crippen LogP contribution in [0.25, 0.3) is 0 Å². The Morgan fingerprint density at radius 3 is 2.46 bits per heavy atom. The van der Waals surface area contributed by atoms with E-state index in [0.29, 0.717) is 24.7 Å². The van der Waals surface area contributed by atoms with E-state index in [1.165, 1.54) is 11.8 Å². The van der Waals surface area contributed by atoms with Crippen LogP contribution >= 0.6 is 0 Å². The number of nitrogens with zero attached hydrogens (tertiary/aromatic N) is 2. The van der Waals surface area contributed by atoms with Crippen LogP contribution in [-0.4, -0.2) is 28.2 Å². The van der Waals surface area contributed by atoms with Crippen molar-refractivity contribution in [3.63, 3.8) is 0 Å². The molecule has 0 aliphatic carbocycles. The Bertz CT molecular complexity index is 1440. The highest BCUT2D eigenvalue weighted by atomic mass is 16.5. The molecule has 39 heavy (non-hydrogen) atoms. The van der Waals surface area contributed by atoms with Gasteiger partial charge in [-0.2, -0.15) is 0 Å². The summed E-state index contributed by atoms with van der Waals surface area (Å²) >= 11 is 0. The first-order chi connectivity index (χ1) is 18.8. The molecule has 0 fully saturated rings. The standard InChI is InChI=1S/C32H33N3O4/c1-32(2,3)31(37)35-17-16-23-14-15-25(18-26(23)29(35)24-12-8-5-9-13-24)38-21-28-34-27(20-39-28)30(36)33-19-22-10-6-4-7-11-22/h4-15,18,20,29H,16-17,19,21H2,1-3H3,(H,33,36). The lowest BCUT2D eigenvalue weighted by Crippen LogP contribution is -2.45. The molecule has 1 atom stereocenters. The van der Waals surface area contributed by atoms with Crippen LogP contribution in [0.15, 0.2) is 89.5 Å². The van der Waals surface area contributed by atoms with Gasteiger partial charge in [0.05, 0.1) is 6.04 Å². The Morgan fingerprint density at radius 2 is 1.74 bits per heavy atom. The van der Waals surface area contributed by atoms with Crippen molar-refractivity contribution < 1.29 is 18.7 Å². The number of carbonyl (C=O) groups is 2. The lowest BCUT2D eigenvalue weighted by atomic mass is 9.85. The third kappa shape index (κ3) is 6.03. The molecule has 3 aromatic carbocycles. The molecule has 2 amide bonds. The minimum atomic E-state index is -0.491. The summed E-state index contributed by atoms with van der Waals surface area (Å²) in [6.45, 7) is 7.02. The van der Waals surface area contributed by atoms with Crippen molar-refractivity contribution in [2.24, 2.45) is 5.41 Å². The Labute approximate surface area is 228 Å². The summed E-state index contributed by atoms with van der Waals surface area (Å²) in [6.07, 6.45) is 2.12. The van der Waals surface area contributed by atoms with E-state index in [1.807, 2.05) is 86.3 Å². The van der Waals surface area contributed by atoms with E-state index in [1.54, 1.807) is 0 Å². The van der Waals surface area contributed by atoms with Crippen LogP contribution in [-0.2, 0) is 24.4 Å². The van der Waals surface area contributed by atoms with Gasteiger partial charge in [0.2, 0.25) is 11.8 Å². The molecule has 7 heteroatoms. The lowest BCUT2D eigenvalue weighted by molar-refractivity contribution is -0.141. The van der Waals surface area contributed by atoms with Gasteiger partial charge in [-0.1, -0.05) is 87.5 Å². The molecule has 0 saturated heterocycles. The Kier molecular flexibility index (Phi) is 7.50. The molecule has 1 unspecified atom stereocenters. The third-order valence-corrected chi connectivity index (χ3v) is 6.81. The summed E-state index contributed by atoms with van der Waals surface area (Å²) in [7, 11) is 0. The Morgan fingerprint density at radius 1 is 1.03 bits per heavy atom. The predicted molar refractivity (Wildman–Crippen MR) is 148 cm³/mol. The van der Waals surface area contributed by atoms with Crippen LogP contribution in [0.3, 0.4) is 0 Å². The molecule has 0 spiro atoms. The molecule has 0 radical (unpaired) electrons. The topological polar surface area (TPSA) is 84.7 Å². The van der Waals surface area contributed by atoms with Crippen LogP contribution in [0.5, 0.6) is 5.75 Å². The fraction of sp³-hybridized carbons (Fsp3) is 0.281. The number of hydrogen-bond donors (Lipinski definition) is 1. The highest BCUT2D eigenvalue weighted by Crippen LogP contribution is 2.39. The van der Waals surface area contributed by atoms with Gasteiger partial charge in [0.15, 0.2) is 12.3 Å². The summed E-state index contributed by atoms with van der Waals surface area (Å²) in [5, 5.41) is 2.85. The molecule has 1 aromatic heterocycles. The molecule has 1 aliphatic heterocycles. The first-order valence-corrected chi connectivity index (χ1v) is 13.2. The third-order valence-electron chi connectivity index (χ3n) is 6.81. The van der Waals surface area contributed by atoms with Crippen LogP contribution in [0.1, 0.15) is 65.4 Å². The van der Waals surface area contributed by atoms with Crippen molar-refractivity contribution in [1.29, 1.82) is 0 Å². The molecule has 0 saturated carbocycles. The zero-order chi connectivity index (χ0) is 27.4. The van der Waals surface area contributed by atoms with Crippen molar-refractivity contribution >= 4 is 11.8 Å². The van der Waals surface area contributed by atoms with Crippen molar-refractivity contribution in [3.05, 3.63) is 119 Å². The van der Waals surface area contributed by atoms with Crippen molar-refractivity contribution in [2.45, 2.75) is 46.4 Å². The van der Waals surface area contributed by atoms with Gasteiger partial charge in [0.25, 0.3) is 5.91 Å². The number of rotatable bonds is 7. The van der Waals surface area contributed by atoms with Crippen LogP contribution in [0.4, 0.5) is 0 Å². The first kappa shape index (κ1) is 26.2. The largest absolute Gasteiger partial charge is 0.484 e. The molecule has 0 bridgehead atoms. The number of ether oxygens (including phenoxy) is 1. The van der Waals surface area contributed by atoms with Gasteiger partial charge in [0, 0.05) is 18.5 Å². The number of oxazole rings is 1. The number of aromatic nitrogens is 1. The van der Waals surface area contributed by atoms with E-state index in [9.17, 15) is 9.59 Å².